The fraction of sp³-hybridized carbons (Fsp3) is 0.148. The second-order valence-electron chi connectivity index (χ2n) is 8.03. The molecule has 0 unspecified atom stereocenters. The molecule has 0 saturated carbocycles. The zero-order valence-corrected chi connectivity index (χ0v) is 20.1. The summed E-state index contributed by atoms with van der Waals surface area (Å²) < 4.78 is 5.22. The molecule has 0 bridgehead atoms. The van der Waals surface area contributed by atoms with Gasteiger partial charge in [-0.3, -0.25) is 14.5 Å². The van der Waals surface area contributed by atoms with Crippen LogP contribution in [0.2, 0.25) is 0 Å². The number of nitrogens with two attached hydrogens (primary N) is 1. The third-order valence-corrected chi connectivity index (χ3v) is 6.33. The fourth-order valence-electron chi connectivity index (χ4n) is 3.67. The summed E-state index contributed by atoms with van der Waals surface area (Å²) in [6.07, 6.45) is 1.78. The van der Waals surface area contributed by atoms with Crippen molar-refractivity contribution in [3.05, 3.63) is 100 Å². The molecule has 0 saturated heterocycles. The first-order chi connectivity index (χ1) is 16.3. The van der Waals surface area contributed by atoms with E-state index in [0.29, 0.717) is 22.2 Å². The van der Waals surface area contributed by atoms with Crippen LogP contribution in [0.1, 0.15) is 32.6 Å². The average molecular weight is 472 g/mol. The molecule has 3 aromatic rings. The first kappa shape index (κ1) is 23.3. The number of amidine groups is 1. The van der Waals surface area contributed by atoms with Gasteiger partial charge in [-0.2, -0.15) is 0 Å². The highest BCUT2D eigenvalue weighted by molar-refractivity contribution is 8.13. The van der Waals surface area contributed by atoms with Crippen LogP contribution in [0.15, 0.2) is 77.4 Å². The Morgan fingerprint density at radius 3 is 2.26 bits per heavy atom. The molecule has 0 spiro atoms. The van der Waals surface area contributed by atoms with Crippen molar-refractivity contribution in [2.75, 3.05) is 12.0 Å². The van der Waals surface area contributed by atoms with Crippen molar-refractivity contribution in [3.8, 4) is 5.75 Å². The van der Waals surface area contributed by atoms with Gasteiger partial charge in [-0.1, -0.05) is 42.1 Å². The van der Waals surface area contributed by atoms with Crippen molar-refractivity contribution < 1.29 is 14.3 Å². The molecule has 4 rings (SSSR count). The monoisotopic (exact) mass is 471 g/mol. The summed E-state index contributed by atoms with van der Waals surface area (Å²) in [5, 5.41) is 0.605. The van der Waals surface area contributed by atoms with Gasteiger partial charge in [-0.25, -0.2) is 4.99 Å². The van der Waals surface area contributed by atoms with Gasteiger partial charge in [0.25, 0.3) is 5.91 Å². The number of amides is 2. The molecule has 0 aromatic heterocycles. The number of nitrogens with zero attached hydrogens (tertiary/aromatic N) is 2. The number of carbonyl (C=O) groups excluding carboxylic acids is 2. The molecule has 0 radical (unpaired) electrons. The summed E-state index contributed by atoms with van der Waals surface area (Å²) in [5.41, 5.74) is 11.0. The number of rotatable bonds is 6. The third-order valence-electron chi connectivity index (χ3n) is 5.32. The molecular weight excluding hydrogens is 446 g/mol. The van der Waals surface area contributed by atoms with E-state index >= 15 is 0 Å². The number of aliphatic imine (C=N–C) groups is 1. The van der Waals surface area contributed by atoms with E-state index < -0.39 is 5.91 Å². The van der Waals surface area contributed by atoms with E-state index in [1.165, 1.54) is 11.8 Å². The Bertz CT molecular complexity index is 1280. The second-order valence-corrected chi connectivity index (χ2v) is 8.98. The van der Waals surface area contributed by atoms with Gasteiger partial charge in [-0.05, 0) is 78.6 Å². The highest BCUT2D eigenvalue weighted by Crippen LogP contribution is 2.32. The van der Waals surface area contributed by atoms with E-state index in [2.05, 4.69) is 6.07 Å². The number of thioether (sulfide) groups is 1. The van der Waals surface area contributed by atoms with Crippen LogP contribution >= 0.6 is 11.8 Å². The SMILES string of the molecule is COc1ccc(/C=C2\N=C(SCc3ccc(C(N)=O)cc3)N(c3cc(C)cc(C)c3)C2=O)cc1. The van der Waals surface area contributed by atoms with Crippen molar-refractivity contribution in [3.63, 3.8) is 0 Å². The predicted molar refractivity (Wildman–Crippen MR) is 138 cm³/mol. The number of hydrogen-bond acceptors (Lipinski definition) is 5. The lowest BCUT2D eigenvalue weighted by Crippen LogP contribution is -2.30. The molecule has 1 aliphatic rings. The molecule has 0 fully saturated rings. The van der Waals surface area contributed by atoms with Crippen LogP contribution in [-0.4, -0.2) is 24.1 Å². The van der Waals surface area contributed by atoms with E-state index in [0.717, 1.165) is 33.7 Å². The minimum absolute atomic E-state index is 0.174. The normalized spacial score (nSPS) is 14.4. The molecule has 1 aliphatic heterocycles. The number of primary amides is 1. The van der Waals surface area contributed by atoms with Crippen molar-refractivity contribution >= 4 is 40.5 Å². The third kappa shape index (κ3) is 5.21. The number of benzene rings is 3. The summed E-state index contributed by atoms with van der Waals surface area (Å²) >= 11 is 1.47. The Morgan fingerprint density at radius 2 is 1.68 bits per heavy atom. The van der Waals surface area contributed by atoms with Crippen LogP contribution in [0.25, 0.3) is 6.08 Å². The molecule has 1 heterocycles. The van der Waals surface area contributed by atoms with Crippen LogP contribution in [0.5, 0.6) is 5.75 Å². The molecule has 172 valence electrons. The van der Waals surface area contributed by atoms with E-state index in [1.54, 1.807) is 30.2 Å². The number of aryl methyl sites for hydroxylation is 2. The number of hydrogen-bond donors (Lipinski definition) is 1. The van der Waals surface area contributed by atoms with Crippen LogP contribution < -0.4 is 15.4 Å². The largest absolute Gasteiger partial charge is 0.497 e. The summed E-state index contributed by atoms with van der Waals surface area (Å²) in [7, 11) is 1.62. The van der Waals surface area contributed by atoms with E-state index in [-0.39, 0.29) is 5.91 Å². The Balaban J connectivity index is 1.65. The summed E-state index contributed by atoms with van der Waals surface area (Å²) in [5.74, 6) is 0.702. The van der Waals surface area contributed by atoms with Gasteiger partial charge in [0.2, 0.25) is 5.91 Å². The maximum absolute atomic E-state index is 13.5. The maximum atomic E-state index is 13.5. The smallest absolute Gasteiger partial charge is 0.283 e. The Morgan fingerprint density at radius 1 is 1.03 bits per heavy atom. The minimum Gasteiger partial charge on any atom is -0.497 e. The van der Waals surface area contributed by atoms with Crippen LogP contribution in [0.3, 0.4) is 0 Å². The quantitative estimate of drug-likeness (QED) is 0.508. The molecule has 34 heavy (non-hydrogen) atoms. The second kappa shape index (κ2) is 9.97. The minimum atomic E-state index is -0.459. The van der Waals surface area contributed by atoms with Crippen molar-refractivity contribution in [1.82, 2.24) is 0 Å². The lowest BCUT2D eigenvalue weighted by Gasteiger charge is -2.19. The highest BCUT2D eigenvalue weighted by Gasteiger charge is 2.32. The Hall–Kier alpha value is -3.84. The lowest BCUT2D eigenvalue weighted by molar-refractivity contribution is -0.113. The molecule has 6 nitrogen and oxygen atoms in total. The van der Waals surface area contributed by atoms with Crippen LogP contribution in [0, 0.1) is 13.8 Å². The van der Waals surface area contributed by atoms with Gasteiger partial charge >= 0.3 is 0 Å². The maximum Gasteiger partial charge on any atom is 0.283 e. The zero-order valence-electron chi connectivity index (χ0n) is 19.2. The van der Waals surface area contributed by atoms with Gasteiger partial charge in [0.05, 0.1) is 12.8 Å². The standard InChI is InChI=1S/C27H25N3O3S/c1-17-12-18(2)14-22(13-17)30-26(32)24(15-19-6-10-23(33-3)11-7-19)29-27(30)34-16-20-4-8-21(9-5-20)25(28)31/h4-15H,16H2,1-3H3,(H2,28,31)/b24-15-. The predicted octanol–water partition coefficient (Wildman–Crippen LogP) is 5.09. The molecule has 0 aliphatic carbocycles. The average Bonchev–Trinajstić information content (AvgIpc) is 3.12. The van der Waals surface area contributed by atoms with Gasteiger partial charge in [0.1, 0.15) is 11.4 Å². The van der Waals surface area contributed by atoms with Gasteiger partial charge in [-0.15, -0.1) is 0 Å². The van der Waals surface area contributed by atoms with Crippen molar-refractivity contribution in [2.24, 2.45) is 10.7 Å². The molecule has 0 atom stereocenters. The van der Waals surface area contributed by atoms with Gasteiger partial charge in [0, 0.05) is 11.3 Å². The topological polar surface area (TPSA) is 85.0 Å². The molecule has 2 N–H and O–H groups in total. The summed E-state index contributed by atoms with van der Waals surface area (Å²) in [6, 6.07) is 20.7. The molecule has 3 aromatic carbocycles. The summed E-state index contributed by atoms with van der Waals surface area (Å²) in [6.45, 7) is 4.02. The van der Waals surface area contributed by atoms with Crippen LogP contribution in [0.4, 0.5) is 5.69 Å². The van der Waals surface area contributed by atoms with Gasteiger partial charge in [0.15, 0.2) is 5.17 Å². The summed E-state index contributed by atoms with van der Waals surface area (Å²) in [4.78, 5) is 31.1. The van der Waals surface area contributed by atoms with Crippen molar-refractivity contribution in [2.45, 2.75) is 19.6 Å². The van der Waals surface area contributed by atoms with Crippen molar-refractivity contribution in [1.29, 1.82) is 0 Å². The zero-order chi connectivity index (χ0) is 24.2. The number of carbonyl (C=O) groups is 2. The number of anilines is 1. The first-order valence-electron chi connectivity index (χ1n) is 10.7. The van der Waals surface area contributed by atoms with E-state index in [1.807, 2.05) is 62.4 Å². The molecular formula is C27H25N3O3S. The molecule has 7 heteroatoms. The number of ether oxygens (including phenoxy) is 1. The lowest BCUT2D eigenvalue weighted by atomic mass is 10.1. The fourth-order valence-corrected chi connectivity index (χ4v) is 4.64. The Kier molecular flexibility index (Phi) is 6.84. The van der Waals surface area contributed by atoms with E-state index in [9.17, 15) is 9.59 Å². The van der Waals surface area contributed by atoms with Crippen LogP contribution in [-0.2, 0) is 10.5 Å². The highest BCUT2D eigenvalue weighted by atomic mass is 32.2. The van der Waals surface area contributed by atoms with E-state index in [4.69, 9.17) is 15.5 Å². The first-order valence-corrected chi connectivity index (χ1v) is 11.7. The Labute approximate surface area is 203 Å². The number of methoxy groups -OCH3 is 1. The molecule has 2 amide bonds. The van der Waals surface area contributed by atoms with Gasteiger partial charge < -0.3 is 10.5 Å².